The van der Waals surface area contributed by atoms with E-state index < -0.39 is 0 Å². The second kappa shape index (κ2) is 6.87. The van der Waals surface area contributed by atoms with E-state index in [-0.39, 0.29) is 0 Å². The molecule has 0 atom stereocenters. The second-order valence-electron chi connectivity index (χ2n) is 3.94. The van der Waals surface area contributed by atoms with Crippen LogP contribution in [0.25, 0.3) is 0 Å². The van der Waals surface area contributed by atoms with Gasteiger partial charge in [0.05, 0.1) is 17.3 Å². The summed E-state index contributed by atoms with van der Waals surface area (Å²) in [6.45, 7) is 2.02. The van der Waals surface area contributed by atoms with Crippen molar-refractivity contribution in [3.63, 3.8) is 0 Å². The van der Waals surface area contributed by atoms with E-state index in [1.165, 1.54) is 0 Å². The fourth-order valence-corrected chi connectivity index (χ4v) is 3.28. The minimum atomic E-state index is 0.730. The molecule has 4 nitrogen and oxygen atoms in total. The number of rotatable bonds is 4. The average Bonchev–Trinajstić information content (AvgIpc) is 2.41. The molecule has 0 radical (unpaired) electrons. The van der Waals surface area contributed by atoms with Gasteiger partial charge in [0.15, 0.2) is 0 Å². The van der Waals surface area contributed by atoms with Crippen LogP contribution in [-0.2, 0) is 6.42 Å². The average molecular weight is 466 g/mol. The van der Waals surface area contributed by atoms with Crippen molar-refractivity contribution in [1.29, 1.82) is 0 Å². The number of benzene rings is 1. The molecule has 20 heavy (non-hydrogen) atoms. The lowest BCUT2D eigenvalue weighted by Gasteiger charge is -2.12. The highest BCUT2D eigenvalue weighted by Gasteiger charge is 2.09. The number of aromatic nitrogens is 2. The maximum atomic E-state index is 5.30. The molecule has 0 saturated heterocycles. The molecule has 106 valence electrons. The molecule has 1 N–H and O–H groups in total. The third-order valence-corrected chi connectivity index (χ3v) is 4.24. The number of halogens is 3. The van der Waals surface area contributed by atoms with Crippen molar-refractivity contribution < 1.29 is 4.74 Å². The van der Waals surface area contributed by atoms with Gasteiger partial charge in [-0.1, -0.05) is 6.92 Å². The first-order valence-corrected chi connectivity index (χ1v) is 8.25. The molecule has 7 heteroatoms. The molecule has 2 rings (SSSR count). The Bertz CT molecular complexity index is 634. The molecule has 0 fully saturated rings. The van der Waals surface area contributed by atoms with Gasteiger partial charge in [0.2, 0.25) is 0 Å². The first-order chi connectivity index (χ1) is 9.53. The normalized spacial score (nSPS) is 10.4. The second-order valence-corrected chi connectivity index (χ2v) is 6.46. The van der Waals surface area contributed by atoms with Crippen LogP contribution in [0.4, 0.5) is 11.5 Å². The Kier molecular flexibility index (Phi) is 5.40. The molecule has 1 heterocycles. The first-order valence-electron chi connectivity index (χ1n) is 5.87. The van der Waals surface area contributed by atoms with Gasteiger partial charge in [-0.15, -0.1) is 0 Å². The van der Waals surface area contributed by atoms with E-state index in [4.69, 9.17) is 4.74 Å². The van der Waals surface area contributed by atoms with Gasteiger partial charge in [-0.3, -0.25) is 0 Å². The molecular formula is C13H12Br3N3O. The van der Waals surface area contributed by atoms with Gasteiger partial charge >= 0.3 is 0 Å². The van der Waals surface area contributed by atoms with Gasteiger partial charge in [0.1, 0.15) is 22.0 Å². The molecular weight excluding hydrogens is 454 g/mol. The molecule has 1 aromatic carbocycles. The number of ether oxygens (including phenoxy) is 1. The van der Waals surface area contributed by atoms with E-state index in [9.17, 15) is 0 Å². The summed E-state index contributed by atoms with van der Waals surface area (Å²) in [6.07, 6.45) is 0.777. The van der Waals surface area contributed by atoms with Crippen molar-refractivity contribution >= 4 is 59.3 Å². The Labute approximate surface area is 142 Å². The SMILES string of the molecule is CCc1nc(Br)cc(Nc2cc(OC)c(Br)cc2Br)n1. The van der Waals surface area contributed by atoms with Crippen LogP contribution in [0.1, 0.15) is 12.7 Å². The minimum absolute atomic E-state index is 0.730. The summed E-state index contributed by atoms with van der Waals surface area (Å²) >= 11 is 10.4. The quantitative estimate of drug-likeness (QED) is 0.640. The van der Waals surface area contributed by atoms with Crippen LogP contribution < -0.4 is 10.1 Å². The largest absolute Gasteiger partial charge is 0.495 e. The lowest BCUT2D eigenvalue weighted by atomic mass is 10.3. The van der Waals surface area contributed by atoms with Gasteiger partial charge in [-0.2, -0.15) is 0 Å². The topological polar surface area (TPSA) is 47.0 Å². The zero-order valence-corrected chi connectivity index (χ0v) is 15.6. The van der Waals surface area contributed by atoms with Gasteiger partial charge in [0.25, 0.3) is 0 Å². The van der Waals surface area contributed by atoms with Crippen molar-refractivity contribution in [1.82, 2.24) is 9.97 Å². The summed E-state index contributed by atoms with van der Waals surface area (Å²) in [6, 6.07) is 5.66. The van der Waals surface area contributed by atoms with E-state index in [2.05, 4.69) is 63.1 Å². The Morgan fingerprint density at radius 1 is 1.10 bits per heavy atom. The van der Waals surface area contributed by atoms with Crippen molar-refractivity contribution in [3.8, 4) is 5.75 Å². The van der Waals surface area contributed by atoms with Gasteiger partial charge < -0.3 is 10.1 Å². The maximum absolute atomic E-state index is 5.30. The molecule has 0 aliphatic carbocycles. The van der Waals surface area contributed by atoms with Crippen LogP contribution in [0.5, 0.6) is 5.75 Å². The van der Waals surface area contributed by atoms with E-state index in [0.29, 0.717) is 0 Å². The zero-order chi connectivity index (χ0) is 14.7. The van der Waals surface area contributed by atoms with E-state index in [0.717, 1.165) is 43.0 Å². The number of hydrogen-bond donors (Lipinski definition) is 1. The van der Waals surface area contributed by atoms with Gasteiger partial charge in [-0.25, -0.2) is 9.97 Å². The predicted octanol–water partition coefficient (Wildman–Crippen LogP) is 5.08. The number of hydrogen-bond acceptors (Lipinski definition) is 4. The van der Waals surface area contributed by atoms with Crippen LogP contribution in [0.15, 0.2) is 31.7 Å². The Morgan fingerprint density at radius 3 is 2.50 bits per heavy atom. The lowest BCUT2D eigenvalue weighted by molar-refractivity contribution is 0.412. The zero-order valence-electron chi connectivity index (χ0n) is 10.9. The number of aryl methyl sites for hydroxylation is 1. The molecule has 0 bridgehead atoms. The van der Waals surface area contributed by atoms with Gasteiger partial charge in [-0.05, 0) is 53.9 Å². The van der Waals surface area contributed by atoms with Crippen molar-refractivity contribution in [2.75, 3.05) is 12.4 Å². The Hall–Kier alpha value is -0.660. The highest BCUT2D eigenvalue weighted by molar-refractivity contribution is 9.11. The fourth-order valence-electron chi connectivity index (χ4n) is 1.61. The summed E-state index contributed by atoms with van der Waals surface area (Å²) in [5.74, 6) is 2.26. The molecule has 2 aromatic rings. The van der Waals surface area contributed by atoms with Crippen LogP contribution in [0.3, 0.4) is 0 Å². The van der Waals surface area contributed by atoms with Crippen LogP contribution in [-0.4, -0.2) is 17.1 Å². The first kappa shape index (κ1) is 15.7. The molecule has 0 aliphatic heterocycles. The highest BCUT2D eigenvalue weighted by Crippen LogP contribution is 2.35. The Balaban J connectivity index is 2.36. The van der Waals surface area contributed by atoms with Crippen LogP contribution >= 0.6 is 47.8 Å². The number of methoxy groups -OCH3 is 1. The summed E-state index contributed by atoms with van der Waals surface area (Å²) in [7, 11) is 1.63. The Morgan fingerprint density at radius 2 is 1.85 bits per heavy atom. The van der Waals surface area contributed by atoms with Crippen molar-refractivity contribution in [2.24, 2.45) is 0 Å². The van der Waals surface area contributed by atoms with E-state index in [1.807, 2.05) is 25.1 Å². The molecule has 0 aliphatic rings. The van der Waals surface area contributed by atoms with Crippen molar-refractivity contribution in [3.05, 3.63) is 37.6 Å². The van der Waals surface area contributed by atoms with Crippen LogP contribution in [0, 0.1) is 0 Å². The van der Waals surface area contributed by atoms with E-state index >= 15 is 0 Å². The highest BCUT2D eigenvalue weighted by atomic mass is 79.9. The molecule has 0 unspecified atom stereocenters. The number of nitrogens with one attached hydrogen (secondary N) is 1. The summed E-state index contributed by atoms with van der Waals surface area (Å²) < 4.78 is 7.85. The summed E-state index contributed by atoms with van der Waals surface area (Å²) in [5, 5.41) is 3.26. The lowest BCUT2D eigenvalue weighted by Crippen LogP contribution is -2.00. The van der Waals surface area contributed by atoms with Gasteiger partial charge in [0, 0.05) is 23.0 Å². The number of nitrogens with zero attached hydrogens (tertiary/aromatic N) is 2. The minimum Gasteiger partial charge on any atom is -0.495 e. The van der Waals surface area contributed by atoms with E-state index in [1.54, 1.807) is 7.11 Å². The number of anilines is 2. The summed E-state index contributed by atoms with van der Waals surface area (Å²) in [5.41, 5.74) is 0.873. The molecule has 0 saturated carbocycles. The maximum Gasteiger partial charge on any atom is 0.135 e. The smallest absolute Gasteiger partial charge is 0.135 e. The fraction of sp³-hybridized carbons (Fsp3) is 0.231. The standard InChI is InChI=1S/C13H12Br3N3O/c1-3-12-18-11(16)6-13(19-12)17-9-5-10(20-2)8(15)4-7(9)14/h4-6H,3H2,1-2H3,(H,17,18,19). The molecule has 0 spiro atoms. The molecule has 1 aromatic heterocycles. The van der Waals surface area contributed by atoms with Crippen molar-refractivity contribution in [2.45, 2.75) is 13.3 Å². The van der Waals surface area contributed by atoms with Crippen LogP contribution in [0.2, 0.25) is 0 Å². The third-order valence-electron chi connectivity index (χ3n) is 2.56. The molecule has 0 amide bonds. The monoisotopic (exact) mass is 463 g/mol. The predicted molar refractivity (Wildman–Crippen MR) is 90.8 cm³/mol. The third kappa shape index (κ3) is 3.71. The summed E-state index contributed by atoms with van der Waals surface area (Å²) in [4.78, 5) is 8.73.